The average Bonchev–Trinajstić information content (AvgIpc) is 3.41. The van der Waals surface area contributed by atoms with Gasteiger partial charge in [-0.25, -0.2) is 8.42 Å². The number of hydrogen-bond donors (Lipinski definition) is 1. The molecule has 5 rings (SSSR count). The fourth-order valence-electron chi connectivity index (χ4n) is 5.24. The summed E-state index contributed by atoms with van der Waals surface area (Å²) in [5, 5.41) is 6.36. The van der Waals surface area contributed by atoms with Crippen LogP contribution in [0.1, 0.15) is 45.6 Å². The van der Waals surface area contributed by atoms with E-state index in [1.807, 2.05) is 0 Å². The van der Waals surface area contributed by atoms with E-state index < -0.39 is 86.0 Å². The van der Waals surface area contributed by atoms with Crippen molar-refractivity contribution in [1.82, 2.24) is 5.32 Å². The lowest BCUT2D eigenvalue weighted by Gasteiger charge is -2.39. The number of ether oxygens (including phenoxy) is 1. The minimum Gasteiger partial charge on any atom is -0.386 e. The monoisotopic (exact) mass is 630 g/mol. The number of Topliss-reactive ketones (excluding diaryl/α,β-unsaturated/α-hetero) is 1. The highest BCUT2D eigenvalue weighted by molar-refractivity contribution is 7.91. The Morgan fingerprint density at radius 3 is 2.05 bits per heavy atom. The molecule has 7 nitrogen and oxygen atoms in total. The predicted octanol–water partition coefficient (Wildman–Crippen LogP) is 4.86. The van der Waals surface area contributed by atoms with Crippen molar-refractivity contribution in [1.29, 1.82) is 0 Å². The summed E-state index contributed by atoms with van der Waals surface area (Å²) in [6.07, 6.45) is -18.9. The van der Waals surface area contributed by atoms with Gasteiger partial charge in [0.05, 0.1) is 11.1 Å². The van der Waals surface area contributed by atoms with Crippen LogP contribution in [0.3, 0.4) is 0 Å². The molecule has 1 spiro atoms. The third-order valence-corrected chi connectivity index (χ3v) is 7.94. The van der Waals surface area contributed by atoms with Crippen molar-refractivity contribution >= 4 is 21.3 Å². The summed E-state index contributed by atoms with van der Waals surface area (Å²) in [7, 11) is -3.81. The number of halogens is 9. The molecule has 0 amide bonds. The number of carbonyl (C=O) groups is 1. The summed E-state index contributed by atoms with van der Waals surface area (Å²) in [5.41, 5.74) is -6.44. The first-order chi connectivity index (χ1) is 19.2. The Morgan fingerprint density at radius 2 is 1.57 bits per heavy atom. The zero-order valence-corrected chi connectivity index (χ0v) is 21.9. The van der Waals surface area contributed by atoms with E-state index in [1.165, 1.54) is 12.1 Å². The number of benzene rings is 2. The first-order valence-electron chi connectivity index (χ1n) is 12.0. The van der Waals surface area contributed by atoms with Gasteiger partial charge >= 0.3 is 18.5 Å². The van der Waals surface area contributed by atoms with Crippen LogP contribution in [0, 0.1) is 5.92 Å². The van der Waals surface area contributed by atoms with Gasteiger partial charge in [0.2, 0.25) is 0 Å². The van der Waals surface area contributed by atoms with Crippen LogP contribution in [0.4, 0.5) is 39.5 Å². The van der Waals surface area contributed by atoms with Gasteiger partial charge in [-0.1, -0.05) is 17.3 Å². The molecule has 3 heterocycles. The molecular formula is C25H19F9N2O5S. The fraction of sp³-hybridized carbons (Fsp3) is 0.440. The summed E-state index contributed by atoms with van der Waals surface area (Å²) in [5.74, 6) is -4.59. The van der Waals surface area contributed by atoms with Gasteiger partial charge in [0, 0.05) is 24.9 Å². The highest BCUT2D eigenvalue weighted by Crippen LogP contribution is 2.50. The van der Waals surface area contributed by atoms with Crippen molar-refractivity contribution in [2.45, 2.75) is 36.3 Å². The number of alkyl halides is 9. The molecule has 1 saturated heterocycles. The second-order valence-corrected chi connectivity index (χ2v) is 12.4. The lowest BCUT2D eigenvalue weighted by molar-refractivity contribution is -0.177. The van der Waals surface area contributed by atoms with Crippen molar-refractivity contribution in [3.8, 4) is 0 Å². The van der Waals surface area contributed by atoms with E-state index in [9.17, 15) is 52.7 Å². The molecule has 0 aromatic heterocycles. The molecule has 3 aliphatic heterocycles. The molecule has 0 aliphatic carbocycles. The van der Waals surface area contributed by atoms with E-state index in [4.69, 9.17) is 9.57 Å². The highest BCUT2D eigenvalue weighted by Gasteiger charge is 2.56. The van der Waals surface area contributed by atoms with Crippen LogP contribution in [-0.4, -0.2) is 51.2 Å². The molecule has 0 saturated carbocycles. The van der Waals surface area contributed by atoms with Gasteiger partial charge < -0.3 is 14.9 Å². The first kappa shape index (κ1) is 30.3. The Kier molecular flexibility index (Phi) is 6.97. The van der Waals surface area contributed by atoms with E-state index in [0.717, 1.165) is 12.3 Å². The number of nitrogens with zero attached hydrogens (tertiary/aromatic N) is 1. The number of fused-ring (bicyclic) bond motifs is 2. The molecule has 17 heteroatoms. The number of rotatable bonds is 5. The van der Waals surface area contributed by atoms with Gasteiger partial charge in [0.1, 0.15) is 29.1 Å². The number of oxime groups is 1. The second-order valence-electron chi connectivity index (χ2n) is 10.3. The van der Waals surface area contributed by atoms with E-state index in [1.54, 1.807) is 0 Å². The summed E-state index contributed by atoms with van der Waals surface area (Å²) < 4.78 is 153. The Hall–Kier alpha value is -3.18. The van der Waals surface area contributed by atoms with E-state index in [0.29, 0.717) is 5.56 Å². The zero-order valence-electron chi connectivity index (χ0n) is 21.1. The Balaban J connectivity index is 1.57. The van der Waals surface area contributed by atoms with Crippen molar-refractivity contribution in [2.24, 2.45) is 11.1 Å². The highest BCUT2D eigenvalue weighted by atomic mass is 32.2. The number of ketones is 1. The first-order valence-corrected chi connectivity index (χ1v) is 14.1. The normalized spacial score (nSPS) is 23.8. The largest absolute Gasteiger partial charge is 0.416 e. The molecule has 0 radical (unpaired) electrons. The second kappa shape index (κ2) is 9.67. The molecule has 3 atom stereocenters. The van der Waals surface area contributed by atoms with Gasteiger partial charge in [0.15, 0.2) is 21.7 Å². The number of hydrogen-bond acceptors (Lipinski definition) is 7. The lowest BCUT2D eigenvalue weighted by atomic mass is 9.82. The van der Waals surface area contributed by atoms with Crippen LogP contribution < -0.4 is 5.32 Å². The maximum Gasteiger partial charge on any atom is 0.416 e. The molecule has 42 heavy (non-hydrogen) atoms. The van der Waals surface area contributed by atoms with Crippen LogP contribution in [0.15, 0.2) is 41.6 Å². The summed E-state index contributed by atoms with van der Waals surface area (Å²) in [6, 6.07) is 3.71. The number of sulfone groups is 1. The fourth-order valence-corrected chi connectivity index (χ4v) is 5.90. The maximum absolute atomic E-state index is 14.4. The Morgan fingerprint density at radius 1 is 0.976 bits per heavy atom. The van der Waals surface area contributed by atoms with Crippen LogP contribution in [0.5, 0.6) is 0 Å². The molecule has 3 aliphatic rings. The van der Waals surface area contributed by atoms with Crippen LogP contribution in [-0.2, 0) is 42.2 Å². The topological polar surface area (TPSA) is 94.1 Å². The van der Waals surface area contributed by atoms with Crippen LogP contribution >= 0.6 is 0 Å². The molecule has 228 valence electrons. The van der Waals surface area contributed by atoms with Gasteiger partial charge in [-0.2, -0.15) is 39.5 Å². The lowest BCUT2D eigenvalue weighted by Crippen LogP contribution is -2.57. The third-order valence-electron chi connectivity index (χ3n) is 7.14. The van der Waals surface area contributed by atoms with Gasteiger partial charge in [-0.05, 0) is 41.0 Å². The average molecular weight is 630 g/mol. The van der Waals surface area contributed by atoms with E-state index in [2.05, 4.69) is 10.5 Å². The minimum absolute atomic E-state index is 0.0631. The summed E-state index contributed by atoms with van der Waals surface area (Å²) >= 11 is 0. The van der Waals surface area contributed by atoms with Crippen molar-refractivity contribution < 1.29 is 62.3 Å². The molecule has 2 aromatic rings. The Labute approximate surface area is 231 Å². The standard InChI is InChI=1S/C25H19F9N2O5S/c1-42(38,39)8-17(37)21-15-6-11(2-3-16(15)22(40-21)9-35-10-22)19-18(25(32,33)34)20(41-36-19)12-4-13(23(26,27)28)7-14(5-12)24(29,30)31/h2-7,18,20-21,35H,8-10H2,1H3. The van der Waals surface area contributed by atoms with Crippen molar-refractivity contribution in [2.75, 3.05) is 25.1 Å². The van der Waals surface area contributed by atoms with Gasteiger partial charge in [0.25, 0.3) is 0 Å². The Bertz CT molecular complexity index is 1550. The van der Waals surface area contributed by atoms with Gasteiger partial charge in [-0.3, -0.25) is 4.79 Å². The molecule has 1 fully saturated rings. The minimum atomic E-state index is -5.31. The maximum atomic E-state index is 14.4. The summed E-state index contributed by atoms with van der Waals surface area (Å²) in [4.78, 5) is 17.7. The molecule has 1 N–H and O–H groups in total. The molecule has 2 aromatic carbocycles. The molecule has 0 bridgehead atoms. The molecule has 3 unspecified atom stereocenters. The smallest absolute Gasteiger partial charge is 0.386 e. The number of carbonyl (C=O) groups excluding carboxylic acids is 1. The zero-order chi connectivity index (χ0) is 31.0. The predicted molar refractivity (Wildman–Crippen MR) is 126 cm³/mol. The van der Waals surface area contributed by atoms with Crippen molar-refractivity contribution in [3.63, 3.8) is 0 Å². The van der Waals surface area contributed by atoms with E-state index >= 15 is 0 Å². The number of nitrogens with one attached hydrogen (secondary N) is 1. The van der Waals surface area contributed by atoms with Crippen LogP contribution in [0.2, 0.25) is 0 Å². The SMILES string of the molecule is CS(=O)(=O)CC(=O)C1OC2(CNC2)c2ccc(C3=NOC(c4cc(C(F)(F)F)cc(C(F)(F)F)c4)C3C(F)(F)F)cc21. The van der Waals surface area contributed by atoms with Crippen LogP contribution in [0.25, 0.3) is 0 Å². The summed E-state index contributed by atoms with van der Waals surface area (Å²) in [6.45, 7) is 0.437. The van der Waals surface area contributed by atoms with E-state index in [-0.39, 0.29) is 42.4 Å². The van der Waals surface area contributed by atoms with Gasteiger partial charge in [-0.15, -0.1) is 0 Å². The van der Waals surface area contributed by atoms with Crippen molar-refractivity contribution in [3.05, 3.63) is 69.8 Å². The molecular weight excluding hydrogens is 611 g/mol. The third kappa shape index (κ3) is 5.48. The quantitative estimate of drug-likeness (QED) is 0.475.